The second-order valence-electron chi connectivity index (χ2n) is 14.3. The first-order chi connectivity index (χ1) is 24.3. The van der Waals surface area contributed by atoms with Crippen LogP contribution in [0.3, 0.4) is 0 Å². The predicted octanol–water partition coefficient (Wildman–Crippen LogP) is 3.17. The highest BCUT2D eigenvalue weighted by atomic mass is 16.6. The molecule has 3 N–H and O–H groups in total. The number of hydrogen-bond donors (Lipinski definition) is 3. The number of nitrogens with one attached hydrogen (secondary N) is 1. The first-order valence-corrected chi connectivity index (χ1v) is 17.3. The van der Waals surface area contributed by atoms with Crippen LogP contribution < -0.4 is 14.8 Å². The maximum absolute atomic E-state index is 13.5. The summed E-state index contributed by atoms with van der Waals surface area (Å²) in [7, 11) is 1.87. The number of imidazole rings is 1. The Morgan fingerprint density at radius 3 is 2.49 bits per heavy atom. The van der Waals surface area contributed by atoms with E-state index in [-0.39, 0.29) is 55.5 Å². The number of aliphatic hydroxyl groups excluding tert-OH is 1. The van der Waals surface area contributed by atoms with Crippen LogP contribution in [0, 0.1) is 0 Å². The van der Waals surface area contributed by atoms with Gasteiger partial charge in [-0.3, -0.25) is 14.5 Å². The van der Waals surface area contributed by atoms with Crippen LogP contribution in [-0.4, -0.2) is 103 Å². The minimum Gasteiger partial charge on any atom is -0.493 e. The molecule has 3 aliphatic rings. The van der Waals surface area contributed by atoms with Crippen molar-refractivity contribution >= 4 is 17.9 Å². The van der Waals surface area contributed by atoms with Crippen LogP contribution in [0.5, 0.6) is 11.5 Å². The summed E-state index contributed by atoms with van der Waals surface area (Å²) in [5, 5.41) is 26.2. The zero-order chi connectivity index (χ0) is 36.5. The van der Waals surface area contributed by atoms with Crippen molar-refractivity contribution in [3.05, 3.63) is 76.9 Å². The van der Waals surface area contributed by atoms with E-state index in [0.29, 0.717) is 35.7 Å². The molecule has 0 spiro atoms. The van der Waals surface area contributed by atoms with Crippen molar-refractivity contribution in [1.29, 1.82) is 0 Å². The van der Waals surface area contributed by atoms with E-state index in [2.05, 4.69) is 10.3 Å². The summed E-state index contributed by atoms with van der Waals surface area (Å²) in [6.45, 7) is 7.98. The summed E-state index contributed by atoms with van der Waals surface area (Å²) in [5.74, 6) is 0.0653. The van der Waals surface area contributed by atoms with Gasteiger partial charge in [-0.1, -0.05) is 6.07 Å². The quantitative estimate of drug-likeness (QED) is 0.286. The third-order valence-corrected chi connectivity index (χ3v) is 9.58. The molecule has 3 aromatic rings. The van der Waals surface area contributed by atoms with Crippen LogP contribution in [-0.2, 0) is 36.1 Å². The molecule has 2 unspecified atom stereocenters. The van der Waals surface area contributed by atoms with Crippen molar-refractivity contribution < 1.29 is 43.5 Å². The number of rotatable bonds is 10. The van der Waals surface area contributed by atoms with Crippen molar-refractivity contribution in [2.45, 2.75) is 89.6 Å². The van der Waals surface area contributed by atoms with Crippen LogP contribution >= 0.6 is 0 Å². The summed E-state index contributed by atoms with van der Waals surface area (Å²) in [6.07, 6.45) is 2.61. The van der Waals surface area contributed by atoms with Gasteiger partial charge in [0, 0.05) is 25.6 Å². The number of benzene rings is 2. The molecule has 6 rings (SSSR count). The van der Waals surface area contributed by atoms with E-state index in [9.17, 15) is 24.6 Å². The summed E-state index contributed by atoms with van der Waals surface area (Å²) in [6, 6.07) is 10.1. The number of carbonyl (C=O) groups excluding carboxylic acids is 3. The SMILES string of the molecule is CCOc1cc(C(=O)N2C3CCC2COC3)ccc1C(=O)NC[C@@H](O)[C@@]1(O)Cc2ccc(OCc3cncn3C)cc2CN1C(=O)OC(C)(C)C. The zero-order valence-electron chi connectivity index (χ0n) is 29.8. The monoisotopic (exact) mass is 705 g/mol. The van der Waals surface area contributed by atoms with Crippen LogP contribution in [0.4, 0.5) is 4.79 Å². The van der Waals surface area contributed by atoms with Gasteiger partial charge < -0.3 is 43.9 Å². The third kappa shape index (κ3) is 7.67. The topological polar surface area (TPSA) is 165 Å². The fourth-order valence-electron chi connectivity index (χ4n) is 6.89. The number of aryl methyl sites for hydroxylation is 1. The number of morpholine rings is 1. The van der Waals surface area contributed by atoms with E-state index < -0.39 is 36.0 Å². The van der Waals surface area contributed by atoms with Gasteiger partial charge >= 0.3 is 6.09 Å². The summed E-state index contributed by atoms with van der Waals surface area (Å²) >= 11 is 0. The lowest BCUT2D eigenvalue weighted by molar-refractivity contribution is -0.177. The Kier molecular flexibility index (Phi) is 10.3. The van der Waals surface area contributed by atoms with Gasteiger partial charge in [-0.25, -0.2) is 9.78 Å². The second kappa shape index (κ2) is 14.5. The highest BCUT2D eigenvalue weighted by Gasteiger charge is 2.49. The normalized spacial score (nSPS) is 21.9. The van der Waals surface area contributed by atoms with Crippen LogP contribution in [0.1, 0.15) is 78.1 Å². The average Bonchev–Trinajstić information content (AvgIpc) is 3.61. The molecule has 2 saturated heterocycles. The van der Waals surface area contributed by atoms with Crippen LogP contribution in [0.25, 0.3) is 0 Å². The maximum atomic E-state index is 13.5. The Morgan fingerprint density at radius 2 is 1.82 bits per heavy atom. The highest BCUT2D eigenvalue weighted by molar-refractivity contribution is 6.00. The number of ether oxygens (including phenoxy) is 4. The Hall–Kier alpha value is -4.66. The van der Waals surface area contributed by atoms with Gasteiger partial charge in [0.1, 0.15) is 29.8 Å². The molecular formula is C37H47N5O9. The standard InChI is InChI=1S/C37H47N5O9/c1-6-49-31-14-23(34(45)42-26-9-10-27(42)20-48-19-26)8-12-30(31)33(44)39-17-32(43)37(47)15-24-7-11-29(50-21-28-16-38-22-40(28)5)13-25(24)18-41(37)35(46)51-36(2,3)4/h7-8,11-14,16,22,26-27,32,43,47H,6,9-10,15,17-21H2,1-5H3,(H,39,44)/t26?,27?,32-,37+/m1/s1. The van der Waals surface area contributed by atoms with Crippen molar-refractivity contribution in [3.8, 4) is 11.5 Å². The molecule has 14 heteroatoms. The Bertz CT molecular complexity index is 1750. The lowest BCUT2D eigenvalue weighted by Crippen LogP contribution is -2.64. The first-order valence-electron chi connectivity index (χ1n) is 17.3. The lowest BCUT2D eigenvalue weighted by Gasteiger charge is -2.46. The molecule has 0 radical (unpaired) electrons. The number of aliphatic hydroxyl groups is 2. The molecule has 4 heterocycles. The zero-order valence-corrected chi connectivity index (χ0v) is 29.8. The molecule has 3 aliphatic heterocycles. The third-order valence-electron chi connectivity index (χ3n) is 9.58. The van der Waals surface area contributed by atoms with Crippen molar-refractivity contribution in [1.82, 2.24) is 24.7 Å². The fraction of sp³-hybridized carbons (Fsp3) is 0.514. The molecule has 2 fully saturated rings. The van der Waals surface area contributed by atoms with Gasteiger partial charge in [0.2, 0.25) is 0 Å². The van der Waals surface area contributed by atoms with E-state index in [1.807, 2.05) is 16.5 Å². The molecule has 14 nitrogen and oxygen atoms in total. The predicted molar refractivity (Wildman–Crippen MR) is 184 cm³/mol. The Labute approximate surface area is 297 Å². The number of hydrogen-bond acceptors (Lipinski definition) is 10. The first kappa shape index (κ1) is 36.1. The van der Waals surface area contributed by atoms with Crippen molar-refractivity contribution in [2.75, 3.05) is 26.4 Å². The molecule has 3 amide bonds. The molecule has 0 aliphatic carbocycles. The number of aromatic nitrogens is 2. The van der Waals surface area contributed by atoms with Gasteiger partial charge in [-0.2, -0.15) is 0 Å². The number of amides is 3. The minimum absolute atomic E-state index is 0.0294. The molecule has 0 saturated carbocycles. The minimum atomic E-state index is -2.13. The van der Waals surface area contributed by atoms with Gasteiger partial charge in [-0.15, -0.1) is 0 Å². The van der Waals surface area contributed by atoms with Gasteiger partial charge in [0.05, 0.1) is 62.2 Å². The average molecular weight is 706 g/mol. The molecular weight excluding hydrogens is 658 g/mol. The van der Waals surface area contributed by atoms with Crippen LogP contribution in [0.15, 0.2) is 48.9 Å². The number of carbonyl (C=O) groups is 3. The maximum Gasteiger partial charge on any atom is 0.412 e. The number of fused-ring (bicyclic) bond motifs is 3. The smallest absolute Gasteiger partial charge is 0.412 e. The lowest BCUT2D eigenvalue weighted by atomic mass is 9.87. The van der Waals surface area contributed by atoms with E-state index >= 15 is 0 Å². The van der Waals surface area contributed by atoms with E-state index in [4.69, 9.17) is 18.9 Å². The van der Waals surface area contributed by atoms with Crippen LogP contribution in [0.2, 0.25) is 0 Å². The molecule has 2 aromatic carbocycles. The molecule has 274 valence electrons. The Balaban J connectivity index is 1.18. The molecule has 51 heavy (non-hydrogen) atoms. The van der Waals surface area contributed by atoms with Gasteiger partial charge in [-0.05, 0) is 82.0 Å². The summed E-state index contributed by atoms with van der Waals surface area (Å²) in [5.41, 5.74) is -0.155. The summed E-state index contributed by atoms with van der Waals surface area (Å²) in [4.78, 5) is 47.6. The molecule has 4 atom stereocenters. The molecule has 2 bridgehead atoms. The highest BCUT2D eigenvalue weighted by Crippen LogP contribution is 2.36. The largest absolute Gasteiger partial charge is 0.493 e. The fourth-order valence-corrected chi connectivity index (χ4v) is 6.89. The Morgan fingerprint density at radius 1 is 1.08 bits per heavy atom. The van der Waals surface area contributed by atoms with Gasteiger partial charge in [0.15, 0.2) is 5.72 Å². The van der Waals surface area contributed by atoms with E-state index in [0.717, 1.165) is 23.4 Å². The summed E-state index contributed by atoms with van der Waals surface area (Å²) < 4.78 is 24.9. The van der Waals surface area contributed by atoms with Gasteiger partial charge in [0.25, 0.3) is 11.8 Å². The van der Waals surface area contributed by atoms with E-state index in [1.54, 1.807) is 70.6 Å². The number of nitrogens with zero attached hydrogens (tertiary/aromatic N) is 4. The van der Waals surface area contributed by atoms with E-state index in [1.165, 1.54) is 6.07 Å². The van der Waals surface area contributed by atoms with Crippen molar-refractivity contribution in [3.63, 3.8) is 0 Å². The molecule has 1 aromatic heterocycles. The van der Waals surface area contributed by atoms with Crippen molar-refractivity contribution in [2.24, 2.45) is 7.05 Å². The second-order valence-corrected chi connectivity index (χ2v) is 14.3.